The van der Waals surface area contributed by atoms with Crippen molar-refractivity contribution in [2.75, 3.05) is 6.61 Å². The third-order valence-corrected chi connectivity index (χ3v) is 5.22. The molecule has 2 aromatic carbocycles. The molecular weight excluding hydrogens is 376 g/mol. The van der Waals surface area contributed by atoms with E-state index >= 15 is 0 Å². The Kier molecular flexibility index (Phi) is 5.06. The molecule has 0 amide bonds. The molecule has 2 aromatic rings. The molecule has 3 rings (SSSR count). The molecular formula is C15H12ClFNO6P. The highest BCUT2D eigenvalue weighted by molar-refractivity contribution is 7.49. The van der Waals surface area contributed by atoms with Crippen molar-refractivity contribution in [1.29, 1.82) is 0 Å². The lowest BCUT2D eigenvalue weighted by Crippen LogP contribution is -2.17. The standard InChI is InChI=1S/C15H12ClFNO6P/c16-13-3-1-2-12(15(13)17)14-8-9-22-25(21,24-14)23-11-6-4-10(5-7-11)18(19)20/h1-7,14H,8-9H2/t14-,25-/m1/s1. The molecule has 0 saturated carbocycles. The van der Waals surface area contributed by atoms with Crippen molar-refractivity contribution in [3.63, 3.8) is 0 Å². The van der Waals surface area contributed by atoms with Crippen LogP contribution in [0.1, 0.15) is 18.1 Å². The molecule has 1 aliphatic heterocycles. The number of benzene rings is 2. The van der Waals surface area contributed by atoms with E-state index in [0.29, 0.717) is 0 Å². The predicted octanol–water partition coefficient (Wildman–Crippen LogP) is 5.05. The molecule has 0 unspecified atom stereocenters. The minimum Gasteiger partial charge on any atom is -0.404 e. The first-order valence-corrected chi connectivity index (χ1v) is 9.03. The van der Waals surface area contributed by atoms with Gasteiger partial charge in [0, 0.05) is 24.1 Å². The van der Waals surface area contributed by atoms with Crippen molar-refractivity contribution in [1.82, 2.24) is 0 Å². The Morgan fingerprint density at radius 1 is 1.28 bits per heavy atom. The number of phosphoric ester groups is 1. The van der Waals surface area contributed by atoms with E-state index in [9.17, 15) is 19.1 Å². The largest absolute Gasteiger partial charge is 0.530 e. The number of hydrogen-bond donors (Lipinski definition) is 0. The molecule has 0 aromatic heterocycles. The first kappa shape index (κ1) is 17.8. The first-order valence-electron chi connectivity index (χ1n) is 7.19. The van der Waals surface area contributed by atoms with E-state index in [-0.39, 0.29) is 35.1 Å². The summed E-state index contributed by atoms with van der Waals surface area (Å²) < 4.78 is 42.5. The number of rotatable bonds is 4. The maximum Gasteiger partial charge on any atom is 0.530 e. The zero-order chi connectivity index (χ0) is 18.0. The Bertz CT molecular complexity index is 846. The Hall–Kier alpha value is -1.99. The SMILES string of the molecule is O=[N+]([O-])c1ccc(O[P@@]2(=O)OCC[C@H](c3cccc(Cl)c3F)O2)cc1. The summed E-state index contributed by atoms with van der Waals surface area (Å²) in [5.74, 6) is -0.584. The Labute approximate surface area is 147 Å². The average Bonchev–Trinajstić information content (AvgIpc) is 2.57. The van der Waals surface area contributed by atoms with E-state index in [1.54, 1.807) is 6.07 Å². The van der Waals surface area contributed by atoms with Crippen LogP contribution < -0.4 is 4.52 Å². The van der Waals surface area contributed by atoms with E-state index in [4.69, 9.17) is 25.2 Å². The summed E-state index contributed by atoms with van der Waals surface area (Å²) in [7, 11) is -4.01. The molecule has 1 saturated heterocycles. The fraction of sp³-hybridized carbons (Fsp3) is 0.200. The molecule has 1 aliphatic rings. The number of non-ortho nitro benzene ring substituents is 1. The van der Waals surface area contributed by atoms with Gasteiger partial charge in [0.1, 0.15) is 17.7 Å². The second-order valence-electron chi connectivity index (χ2n) is 5.15. The van der Waals surface area contributed by atoms with E-state index in [1.165, 1.54) is 36.4 Å². The van der Waals surface area contributed by atoms with Gasteiger partial charge in [0.25, 0.3) is 5.69 Å². The third-order valence-electron chi connectivity index (χ3n) is 3.48. The van der Waals surface area contributed by atoms with Crippen molar-refractivity contribution in [2.45, 2.75) is 12.5 Å². The summed E-state index contributed by atoms with van der Waals surface area (Å²) in [6.07, 6.45) is -0.582. The van der Waals surface area contributed by atoms with Crippen molar-refractivity contribution in [2.24, 2.45) is 0 Å². The number of nitro benzene ring substituents is 1. The quantitative estimate of drug-likeness (QED) is 0.414. The van der Waals surface area contributed by atoms with E-state index in [0.717, 1.165) is 0 Å². The minimum atomic E-state index is -4.01. The fourth-order valence-electron chi connectivity index (χ4n) is 2.30. The second kappa shape index (κ2) is 7.09. The van der Waals surface area contributed by atoms with E-state index in [2.05, 4.69) is 0 Å². The number of halogens is 2. The third kappa shape index (κ3) is 3.99. The Morgan fingerprint density at radius 2 is 2.00 bits per heavy atom. The van der Waals surface area contributed by atoms with Crippen molar-refractivity contribution in [3.05, 3.63) is 69.0 Å². The van der Waals surface area contributed by atoms with Crippen LogP contribution in [0.3, 0.4) is 0 Å². The molecule has 7 nitrogen and oxygen atoms in total. The van der Waals surface area contributed by atoms with Gasteiger partial charge in [-0.05, 0) is 18.2 Å². The average molecular weight is 388 g/mol. The van der Waals surface area contributed by atoms with E-state index in [1.807, 2.05) is 0 Å². The van der Waals surface area contributed by atoms with Gasteiger partial charge < -0.3 is 4.52 Å². The first-order chi connectivity index (χ1) is 11.9. The van der Waals surface area contributed by atoms with Crippen LogP contribution in [0.25, 0.3) is 0 Å². The van der Waals surface area contributed by atoms with Gasteiger partial charge >= 0.3 is 7.82 Å². The highest BCUT2D eigenvalue weighted by Gasteiger charge is 2.38. The molecule has 0 radical (unpaired) electrons. The van der Waals surface area contributed by atoms with Gasteiger partial charge in [-0.15, -0.1) is 0 Å². The zero-order valence-corrected chi connectivity index (χ0v) is 14.3. The van der Waals surface area contributed by atoms with Crippen LogP contribution in [0.2, 0.25) is 5.02 Å². The maximum atomic E-state index is 14.1. The maximum absolute atomic E-state index is 14.1. The van der Waals surface area contributed by atoms with Crippen molar-refractivity contribution >= 4 is 25.1 Å². The second-order valence-corrected chi connectivity index (χ2v) is 7.10. The number of nitrogens with zero attached hydrogens (tertiary/aromatic N) is 1. The Morgan fingerprint density at radius 3 is 2.68 bits per heavy atom. The summed E-state index contributed by atoms with van der Waals surface area (Å²) in [6, 6.07) is 9.36. The molecule has 25 heavy (non-hydrogen) atoms. The molecule has 132 valence electrons. The smallest absolute Gasteiger partial charge is 0.404 e. The minimum absolute atomic E-state index is 0.0286. The Balaban J connectivity index is 1.78. The lowest BCUT2D eigenvalue weighted by Gasteiger charge is -2.29. The molecule has 1 fully saturated rings. The highest BCUT2D eigenvalue weighted by Crippen LogP contribution is 2.57. The monoisotopic (exact) mass is 387 g/mol. The number of phosphoric acid groups is 1. The molecule has 0 N–H and O–H groups in total. The van der Waals surface area contributed by atoms with E-state index < -0.39 is 24.7 Å². The fourth-order valence-corrected chi connectivity index (χ4v) is 3.88. The molecule has 2 atom stereocenters. The van der Waals surface area contributed by atoms with Gasteiger partial charge in [0.2, 0.25) is 0 Å². The van der Waals surface area contributed by atoms with Crippen molar-refractivity contribution < 1.29 is 27.5 Å². The van der Waals surface area contributed by atoms with Crippen LogP contribution in [0.15, 0.2) is 42.5 Å². The summed E-state index contributed by atoms with van der Waals surface area (Å²) in [6.45, 7) is 0.0286. The summed E-state index contributed by atoms with van der Waals surface area (Å²) in [4.78, 5) is 10.1. The molecule has 0 aliphatic carbocycles. The lowest BCUT2D eigenvalue weighted by molar-refractivity contribution is -0.384. The molecule has 0 spiro atoms. The molecule has 1 heterocycles. The summed E-state index contributed by atoms with van der Waals surface area (Å²) in [5, 5.41) is 10.6. The zero-order valence-electron chi connectivity index (χ0n) is 12.6. The van der Waals surface area contributed by atoms with Crippen LogP contribution in [0.5, 0.6) is 5.75 Å². The summed E-state index contributed by atoms with van der Waals surface area (Å²) in [5.41, 5.74) is 0.0123. The van der Waals surface area contributed by atoms with Gasteiger partial charge in [-0.25, -0.2) is 8.96 Å². The number of hydrogen-bond acceptors (Lipinski definition) is 6. The predicted molar refractivity (Wildman–Crippen MR) is 87.1 cm³/mol. The van der Waals surface area contributed by atoms with Crippen LogP contribution in [-0.4, -0.2) is 11.5 Å². The normalized spacial score (nSPS) is 23.2. The van der Waals surface area contributed by atoms with Crippen molar-refractivity contribution in [3.8, 4) is 5.75 Å². The summed E-state index contributed by atoms with van der Waals surface area (Å²) >= 11 is 5.76. The lowest BCUT2D eigenvalue weighted by atomic mass is 10.1. The van der Waals surface area contributed by atoms with Gasteiger partial charge in [-0.3, -0.25) is 19.2 Å². The highest BCUT2D eigenvalue weighted by atomic mass is 35.5. The van der Waals surface area contributed by atoms with Gasteiger partial charge in [-0.1, -0.05) is 23.7 Å². The van der Waals surface area contributed by atoms with Crippen LogP contribution in [0, 0.1) is 15.9 Å². The molecule has 0 bridgehead atoms. The topological polar surface area (TPSA) is 87.9 Å². The van der Waals surface area contributed by atoms with Gasteiger partial charge in [0.05, 0.1) is 16.6 Å². The van der Waals surface area contributed by atoms with Crippen LogP contribution in [0.4, 0.5) is 10.1 Å². The van der Waals surface area contributed by atoms with Crippen LogP contribution in [-0.2, 0) is 13.6 Å². The van der Waals surface area contributed by atoms with Gasteiger partial charge in [-0.2, -0.15) is 0 Å². The molecule has 10 heteroatoms. The van der Waals surface area contributed by atoms with Crippen LogP contribution >= 0.6 is 19.4 Å². The number of nitro groups is 1. The van der Waals surface area contributed by atoms with Gasteiger partial charge in [0.15, 0.2) is 0 Å².